The number of halogens is 1. The van der Waals surface area contributed by atoms with Crippen molar-refractivity contribution in [1.29, 1.82) is 0 Å². The number of anilines is 1. The molecule has 0 saturated carbocycles. The minimum absolute atomic E-state index is 0.0849. The average Bonchev–Trinajstić information content (AvgIpc) is 3.08. The lowest BCUT2D eigenvalue weighted by Crippen LogP contribution is -2.41. The number of hydrogen-bond acceptors (Lipinski definition) is 5. The Kier molecular flexibility index (Phi) is 5.46. The van der Waals surface area contributed by atoms with Crippen LogP contribution in [0.3, 0.4) is 0 Å². The van der Waals surface area contributed by atoms with E-state index in [2.05, 4.69) is 31.6 Å². The summed E-state index contributed by atoms with van der Waals surface area (Å²) in [6.45, 7) is 2.31. The van der Waals surface area contributed by atoms with E-state index in [1.807, 2.05) is 6.07 Å². The molecule has 0 aromatic carbocycles. The van der Waals surface area contributed by atoms with Crippen LogP contribution in [0.1, 0.15) is 17.7 Å². The molecule has 1 fully saturated rings. The van der Waals surface area contributed by atoms with E-state index in [1.165, 1.54) is 11.1 Å². The van der Waals surface area contributed by atoms with Crippen molar-refractivity contribution in [3.8, 4) is 0 Å². The molecule has 0 radical (unpaired) electrons. The molecule has 0 aliphatic carbocycles. The monoisotopic (exact) mass is 350 g/mol. The molecule has 2 aromatic rings. The minimum atomic E-state index is 0.0849. The summed E-state index contributed by atoms with van der Waals surface area (Å²) in [4.78, 5) is 24.0. The third-order valence-electron chi connectivity index (χ3n) is 4.03. The lowest BCUT2D eigenvalue weighted by Gasteiger charge is -2.31. The Morgan fingerprint density at radius 3 is 2.91 bits per heavy atom. The molecular weight excluding hydrogens is 332 g/mol. The van der Waals surface area contributed by atoms with Gasteiger partial charge in [0.25, 0.3) is 0 Å². The fourth-order valence-electron chi connectivity index (χ4n) is 2.76. The first-order chi connectivity index (χ1) is 11.2. The predicted molar refractivity (Wildman–Crippen MR) is 93.0 cm³/mol. The van der Waals surface area contributed by atoms with Gasteiger partial charge in [-0.25, -0.2) is 4.98 Å². The highest BCUT2D eigenvalue weighted by Gasteiger charge is 2.25. The molecule has 1 N–H and O–H groups in total. The van der Waals surface area contributed by atoms with Crippen LogP contribution in [0.25, 0.3) is 0 Å². The second-order valence-electron chi connectivity index (χ2n) is 5.58. The molecule has 5 nitrogen and oxygen atoms in total. The predicted octanol–water partition coefficient (Wildman–Crippen LogP) is 2.77. The van der Waals surface area contributed by atoms with Crippen LogP contribution in [-0.4, -0.2) is 35.5 Å². The third kappa shape index (κ3) is 4.42. The van der Waals surface area contributed by atoms with Gasteiger partial charge in [0.15, 0.2) is 0 Å². The summed E-state index contributed by atoms with van der Waals surface area (Å²) in [6, 6.07) is 4.14. The fraction of sp³-hybridized carbons (Fsp3) is 0.438. The smallest absolute Gasteiger partial charge is 0.223 e. The van der Waals surface area contributed by atoms with Crippen molar-refractivity contribution in [3.05, 3.63) is 39.9 Å². The van der Waals surface area contributed by atoms with Gasteiger partial charge < -0.3 is 10.2 Å². The van der Waals surface area contributed by atoms with Gasteiger partial charge in [0.1, 0.15) is 11.0 Å². The van der Waals surface area contributed by atoms with Crippen LogP contribution in [0.15, 0.2) is 29.9 Å². The molecule has 122 valence electrons. The maximum atomic E-state index is 12.2. The lowest BCUT2D eigenvalue weighted by molar-refractivity contribution is -0.125. The number of thiophene rings is 1. The van der Waals surface area contributed by atoms with Crippen LogP contribution >= 0.6 is 22.9 Å². The number of carbonyl (C=O) groups excluding carboxylic acids is 1. The normalized spacial score (nSPS) is 15.6. The molecule has 7 heteroatoms. The van der Waals surface area contributed by atoms with E-state index in [1.54, 1.807) is 17.5 Å². The number of rotatable bonds is 5. The van der Waals surface area contributed by atoms with Crippen molar-refractivity contribution in [3.63, 3.8) is 0 Å². The number of nitrogens with one attached hydrogen (secondary N) is 1. The summed E-state index contributed by atoms with van der Waals surface area (Å²) >= 11 is 7.61. The van der Waals surface area contributed by atoms with E-state index in [0.29, 0.717) is 11.7 Å². The van der Waals surface area contributed by atoms with Crippen LogP contribution in [0, 0.1) is 5.92 Å². The first-order valence-corrected chi connectivity index (χ1v) is 9.01. The van der Waals surface area contributed by atoms with Crippen molar-refractivity contribution in [1.82, 2.24) is 15.3 Å². The Hall–Kier alpha value is -1.66. The third-order valence-corrected chi connectivity index (χ3v) is 5.15. The Morgan fingerprint density at radius 1 is 1.39 bits per heavy atom. The van der Waals surface area contributed by atoms with Gasteiger partial charge in [-0.05, 0) is 30.7 Å². The van der Waals surface area contributed by atoms with Crippen LogP contribution in [0.4, 0.5) is 5.82 Å². The Bertz CT molecular complexity index is 641. The summed E-state index contributed by atoms with van der Waals surface area (Å²) in [5.41, 5.74) is 0. The van der Waals surface area contributed by atoms with Gasteiger partial charge in [0, 0.05) is 30.4 Å². The van der Waals surface area contributed by atoms with Crippen molar-refractivity contribution < 1.29 is 4.79 Å². The Balaban J connectivity index is 1.44. The molecule has 3 heterocycles. The van der Waals surface area contributed by atoms with E-state index in [0.717, 1.165) is 38.2 Å². The number of amides is 1. The summed E-state index contributed by atoms with van der Waals surface area (Å²) in [6.07, 6.45) is 5.81. The van der Waals surface area contributed by atoms with Crippen molar-refractivity contribution in [2.75, 3.05) is 24.5 Å². The Labute approximate surface area is 144 Å². The number of nitrogens with zero attached hydrogens (tertiary/aromatic N) is 3. The van der Waals surface area contributed by atoms with Gasteiger partial charge in [-0.15, -0.1) is 11.3 Å². The quantitative estimate of drug-likeness (QED) is 0.900. The van der Waals surface area contributed by atoms with Crippen molar-refractivity contribution in [2.45, 2.75) is 19.3 Å². The van der Waals surface area contributed by atoms with Crippen LogP contribution < -0.4 is 10.2 Å². The van der Waals surface area contributed by atoms with Gasteiger partial charge in [-0.3, -0.25) is 9.78 Å². The standard InChI is InChI=1S/C16H19ClN4OS/c17-14-10-18-11-15(20-14)21-7-4-12(5-8-21)16(22)19-6-3-13-2-1-9-23-13/h1-2,9-12H,3-8H2,(H,19,22). The first-order valence-electron chi connectivity index (χ1n) is 7.75. The zero-order chi connectivity index (χ0) is 16.1. The van der Waals surface area contributed by atoms with E-state index >= 15 is 0 Å². The van der Waals surface area contributed by atoms with Gasteiger partial charge in [-0.1, -0.05) is 17.7 Å². The number of piperidine rings is 1. The maximum Gasteiger partial charge on any atom is 0.223 e. The highest BCUT2D eigenvalue weighted by molar-refractivity contribution is 7.09. The second-order valence-corrected chi connectivity index (χ2v) is 7.00. The molecule has 1 saturated heterocycles. The molecule has 1 amide bonds. The summed E-state index contributed by atoms with van der Waals surface area (Å²) in [5.74, 6) is 1.04. The molecule has 0 spiro atoms. The average molecular weight is 351 g/mol. The van der Waals surface area contributed by atoms with E-state index in [9.17, 15) is 4.79 Å². The topological polar surface area (TPSA) is 58.1 Å². The fourth-order valence-corrected chi connectivity index (χ4v) is 3.62. The molecule has 0 bridgehead atoms. The van der Waals surface area contributed by atoms with Gasteiger partial charge in [0.2, 0.25) is 5.91 Å². The maximum absolute atomic E-state index is 12.2. The first kappa shape index (κ1) is 16.2. The van der Waals surface area contributed by atoms with Gasteiger partial charge in [-0.2, -0.15) is 0 Å². The molecule has 0 atom stereocenters. The molecular formula is C16H19ClN4OS. The molecule has 3 rings (SSSR count). The van der Waals surface area contributed by atoms with E-state index in [-0.39, 0.29) is 11.8 Å². The summed E-state index contributed by atoms with van der Waals surface area (Å²) in [7, 11) is 0. The molecule has 1 aliphatic heterocycles. The largest absolute Gasteiger partial charge is 0.355 e. The molecule has 23 heavy (non-hydrogen) atoms. The highest BCUT2D eigenvalue weighted by Crippen LogP contribution is 2.22. The molecule has 1 aliphatic rings. The van der Waals surface area contributed by atoms with E-state index < -0.39 is 0 Å². The SMILES string of the molecule is O=C(NCCc1cccs1)C1CCN(c2cncc(Cl)n2)CC1. The lowest BCUT2D eigenvalue weighted by atomic mass is 9.96. The van der Waals surface area contributed by atoms with Crippen LogP contribution in [0.2, 0.25) is 5.15 Å². The summed E-state index contributed by atoms with van der Waals surface area (Å²) < 4.78 is 0. The van der Waals surface area contributed by atoms with Crippen molar-refractivity contribution >= 4 is 34.7 Å². The zero-order valence-electron chi connectivity index (χ0n) is 12.7. The van der Waals surface area contributed by atoms with Crippen LogP contribution in [0.5, 0.6) is 0 Å². The van der Waals surface area contributed by atoms with Crippen LogP contribution in [-0.2, 0) is 11.2 Å². The van der Waals surface area contributed by atoms with Gasteiger partial charge >= 0.3 is 0 Å². The number of carbonyl (C=O) groups is 1. The Morgan fingerprint density at radius 2 is 2.22 bits per heavy atom. The number of aromatic nitrogens is 2. The van der Waals surface area contributed by atoms with Gasteiger partial charge in [0.05, 0.1) is 12.4 Å². The zero-order valence-corrected chi connectivity index (χ0v) is 14.3. The summed E-state index contributed by atoms with van der Waals surface area (Å²) in [5, 5.41) is 5.51. The highest BCUT2D eigenvalue weighted by atomic mass is 35.5. The second kappa shape index (κ2) is 7.75. The van der Waals surface area contributed by atoms with Crippen molar-refractivity contribution in [2.24, 2.45) is 5.92 Å². The van der Waals surface area contributed by atoms with E-state index in [4.69, 9.17) is 11.6 Å². The minimum Gasteiger partial charge on any atom is -0.355 e. The molecule has 2 aromatic heterocycles. The number of hydrogen-bond donors (Lipinski definition) is 1. The molecule has 0 unspecified atom stereocenters.